The van der Waals surface area contributed by atoms with Crippen LogP contribution in [0, 0.1) is 5.92 Å². The van der Waals surface area contributed by atoms with Crippen LogP contribution in [0.3, 0.4) is 0 Å². The van der Waals surface area contributed by atoms with E-state index in [1.54, 1.807) is 24.7 Å². The Kier molecular flexibility index (Phi) is 4.05. The zero-order chi connectivity index (χ0) is 19.3. The van der Waals surface area contributed by atoms with E-state index in [9.17, 15) is 9.50 Å². The summed E-state index contributed by atoms with van der Waals surface area (Å²) in [7, 11) is 0. The van der Waals surface area contributed by atoms with Gasteiger partial charge in [0.05, 0.1) is 6.20 Å². The van der Waals surface area contributed by atoms with Crippen molar-refractivity contribution >= 4 is 16.3 Å². The van der Waals surface area contributed by atoms with Crippen molar-refractivity contribution in [2.45, 2.75) is 37.5 Å². The maximum absolute atomic E-state index is 14.8. The summed E-state index contributed by atoms with van der Waals surface area (Å²) in [4.78, 5) is 8.43. The molecule has 0 saturated carbocycles. The van der Waals surface area contributed by atoms with Gasteiger partial charge in [-0.25, -0.2) is 9.37 Å². The lowest BCUT2D eigenvalue weighted by Gasteiger charge is -2.33. The van der Waals surface area contributed by atoms with E-state index in [1.165, 1.54) is 0 Å². The fraction of sp³-hybridized carbons (Fsp3) is 0.333. The van der Waals surface area contributed by atoms with Crippen molar-refractivity contribution in [3.63, 3.8) is 0 Å². The van der Waals surface area contributed by atoms with Gasteiger partial charge >= 0.3 is 0 Å². The molecule has 1 aromatic carbocycles. The van der Waals surface area contributed by atoms with Crippen molar-refractivity contribution in [3.8, 4) is 17.0 Å². The summed E-state index contributed by atoms with van der Waals surface area (Å²) in [6.07, 6.45) is 6.54. The molecule has 2 aliphatic rings. The van der Waals surface area contributed by atoms with E-state index in [2.05, 4.69) is 32.1 Å². The smallest absolute Gasteiger partial charge is 0.177 e. The predicted molar refractivity (Wildman–Crippen MR) is 104 cm³/mol. The number of aromatic hydroxyl groups is 1. The first-order chi connectivity index (χ1) is 13.6. The molecule has 3 aromatic rings. The van der Waals surface area contributed by atoms with Gasteiger partial charge in [-0.15, -0.1) is 10.2 Å². The molecule has 0 aliphatic carbocycles. The maximum atomic E-state index is 14.8. The minimum atomic E-state index is -0.979. The van der Waals surface area contributed by atoms with Crippen molar-refractivity contribution in [2.24, 2.45) is 5.92 Å². The lowest BCUT2D eigenvalue weighted by molar-refractivity contribution is 0.167. The number of nitrogens with zero attached hydrogens (tertiary/aromatic N) is 4. The molecule has 7 heteroatoms. The van der Waals surface area contributed by atoms with Crippen molar-refractivity contribution in [3.05, 3.63) is 49.2 Å². The summed E-state index contributed by atoms with van der Waals surface area (Å²) in [5.74, 6) is 0.164. The molecule has 2 bridgehead atoms. The molecule has 142 valence electrons. The van der Waals surface area contributed by atoms with Crippen LogP contribution in [-0.2, 0) is 0 Å². The zero-order valence-corrected chi connectivity index (χ0v) is 15.2. The van der Waals surface area contributed by atoms with Crippen LogP contribution in [0.2, 0.25) is 0 Å². The average Bonchev–Trinajstić information content (AvgIpc) is 3.13. The number of rotatable bonds is 3. The van der Waals surface area contributed by atoms with Crippen LogP contribution in [0.5, 0.6) is 5.75 Å². The number of piperidine rings is 1. The Labute approximate surface area is 161 Å². The molecular formula is C21H20FN5O. The van der Waals surface area contributed by atoms with Gasteiger partial charge in [-0.3, -0.25) is 4.98 Å². The van der Waals surface area contributed by atoms with Crippen LogP contribution in [0.4, 0.5) is 4.39 Å². The second-order valence-electron chi connectivity index (χ2n) is 7.62. The highest BCUT2D eigenvalue weighted by molar-refractivity contribution is 5.89. The van der Waals surface area contributed by atoms with Crippen LogP contribution in [0.15, 0.2) is 43.4 Å². The Hall–Kier alpha value is -2.93. The monoisotopic (exact) mass is 377 g/mol. The lowest BCUT2D eigenvalue weighted by Crippen LogP contribution is -2.47. The molecule has 2 aromatic heterocycles. The Morgan fingerprint density at radius 3 is 2.89 bits per heavy atom. The highest BCUT2D eigenvalue weighted by Gasteiger charge is 2.43. The first kappa shape index (κ1) is 17.2. The number of phenols is 1. The van der Waals surface area contributed by atoms with E-state index in [0.29, 0.717) is 35.1 Å². The number of aromatic nitrogens is 4. The summed E-state index contributed by atoms with van der Waals surface area (Å²) < 4.78 is 14.8. The van der Waals surface area contributed by atoms with Crippen molar-refractivity contribution in [1.29, 1.82) is 0 Å². The summed E-state index contributed by atoms with van der Waals surface area (Å²) in [6.45, 7) is 4.07. The summed E-state index contributed by atoms with van der Waals surface area (Å²) in [5, 5.41) is 23.9. The normalized spacial score (nSPS) is 26.5. The van der Waals surface area contributed by atoms with Crippen molar-refractivity contribution in [1.82, 2.24) is 25.5 Å². The SMILES string of the molecule is C=C(c1ncc(-c2cc3ccncc3cc2O)nn1)[C@H]1C[C@@H]2CC[C@@H](N2)[C@@H]1F. The Bertz CT molecular complexity index is 1050. The molecule has 0 unspecified atom stereocenters. The molecule has 2 fully saturated rings. The third kappa shape index (κ3) is 2.82. The van der Waals surface area contributed by atoms with E-state index >= 15 is 0 Å². The summed E-state index contributed by atoms with van der Waals surface area (Å²) >= 11 is 0. The number of nitrogens with one attached hydrogen (secondary N) is 1. The first-order valence-electron chi connectivity index (χ1n) is 9.46. The molecule has 2 aliphatic heterocycles. The van der Waals surface area contributed by atoms with E-state index in [0.717, 1.165) is 23.6 Å². The maximum Gasteiger partial charge on any atom is 0.177 e. The molecule has 0 radical (unpaired) electrons. The average molecular weight is 377 g/mol. The fourth-order valence-electron chi connectivity index (χ4n) is 4.38. The van der Waals surface area contributed by atoms with Gasteiger partial charge in [0, 0.05) is 41.3 Å². The van der Waals surface area contributed by atoms with Crippen LogP contribution < -0.4 is 5.32 Å². The number of hydrogen-bond acceptors (Lipinski definition) is 6. The number of fused-ring (bicyclic) bond motifs is 3. The third-order valence-electron chi connectivity index (χ3n) is 5.91. The van der Waals surface area contributed by atoms with Gasteiger partial charge in [0.25, 0.3) is 0 Å². The van der Waals surface area contributed by atoms with Gasteiger partial charge in [0.1, 0.15) is 17.6 Å². The number of pyridine rings is 1. The molecular weight excluding hydrogens is 357 g/mol. The molecule has 4 atom stereocenters. The standard InChI is InChI=1S/C21H20FN5O/c1-11(15-8-14-2-3-17(25-14)20(15)22)21-24-10-18(26-27-21)16-6-12-4-5-23-9-13(12)7-19(16)28/h4-7,9-10,14-15,17,20,25,28H,1-3,8H2/t14-,15+,17+,20+/m0/s1. The number of hydrogen-bond donors (Lipinski definition) is 2. The molecule has 2 N–H and O–H groups in total. The number of allylic oxidation sites excluding steroid dienone is 1. The van der Waals surface area contributed by atoms with Crippen LogP contribution in [-0.4, -0.2) is 43.5 Å². The molecule has 0 spiro atoms. The topological polar surface area (TPSA) is 83.8 Å². The van der Waals surface area contributed by atoms with Crippen LogP contribution in [0.25, 0.3) is 27.6 Å². The Morgan fingerprint density at radius 2 is 2.07 bits per heavy atom. The highest BCUT2D eigenvalue weighted by atomic mass is 19.1. The van der Waals surface area contributed by atoms with Crippen molar-refractivity contribution < 1.29 is 9.50 Å². The Balaban J connectivity index is 1.43. The first-order valence-corrected chi connectivity index (χ1v) is 9.46. The highest BCUT2D eigenvalue weighted by Crippen LogP contribution is 2.39. The minimum absolute atomic E-state index is 0.0851. The molecule has 0 amide bonds. The lowest BCUT2D eigenvalue weighted by atomic mass is 9.84. The van der Waals surface area contributed by atoms with E-state index in [-0.39, 0.29) is 17.7 Å². The number of halogens is 1. The number of alkyl halides is 1. The van der Waals surface area contributed by atoms with Gasteiger partial charge in [-0.2, -0.15) is 0 Å². The molecule has 5 rings (SSSR count). The predicted octanol–water partition coefficient (Wildman–Crippen LogP) is 3.28. The van der Waals surface area contributed by atoms with E-state index < -0.39 is 6.17 Å². The number of phenolic OH excluding ortho intramolecular Hbond substituents is 1. The quantitative estimate of drug-likeness (QED) is 0.729. The number of benzene rings is 1. The molecule has 4 heterocycles. The largest absolute Gasteiger partial charge is 0.507 e. The molecule has 2 saturated heterocycles. The molecule has 28 heavy (non-hydrogen) atoms. The summed E-state index contributed by atoms with van der Waals surface area (Å²) in [6, 6.07) is 5.58. The van der Waals surface area contributed by atoms with E-state index in [1.807, 2.05) is 12.1 Å². The van der Waals surface area contributed by atoms with Gasteiger partial charge in [-0.05, 0) is 48.4 Å². The van der Waals surface area contributed by atoms with Gasteiger partial charge in [-0.1, -0.05) is 6.58 Å². The van der Waals surface area contributed by atoms with Gasteiger partial charge in [0.2, 0.25) is 0 Å². The zero-order valence-electron chi connectivity index (χ0n) is 15.2. The second kappa shape index (κ2) is 6.60. The second-order valence-corrected chi connectivity index (χ2v) is 7.62. The fourth-order valence-corrected chi connectivity index (χ4v) is 4.38. The van der Waals surface area contributed by atoms with Crippen LogP contribution >= 0.6 is 0 Å². The summed E-state index contributed by atoms with van der Waals surface area (Å²) in [5.41, 5.74) is 1.59. The Morgan fingerprint density at radius 1 is 1.18 bits per heavy atom. The van der Waals surface area contributed by atoms with Gasteiger partial charge < -0.3 is 10.4 Å². The minimum Gasteiger partial charge on any atom is -0.507 e. The third-order valence-corrected chi connectivity index (χ3v) is 5.91. The van der Waals surface area contributed by atoms with Gasteiger partial charge in [0.15, 0.2) is 5.82 Å². The van der Waals surface area contributed by atoms with E-state index in [4.69, 9.17) is 0 Å². The van der Waals surface area contributed by atoms with Crippen molar-refractivity contribution in [2.75, 3.05) is 0 Å². The molecule has 6 nitrogen and oxygen atoms in total. The van der Waals surface area contributed by atoms with Crippen LogP contribution in [0.1, 0.15) is 25.1 Å².